The van der Waals surface area contributed by atoms with Gasteiger partial charge in [0.25, 0.3) is 0 Å². The van der Waals surface area contributed by atoms with E-state index >= 15 is 0 Å². The SMILES string of the molecule is N#CS.[Cu].[Cu]. The molecule has 0 aromatic rings. The van der Waals surface area contributed by atoms with Crippen molar-refractivity contribution >= 4 is 12.6 Å². The summed E-state index contributed by atoms with van der Waals surface area (Å²) in [6.07, 6.45) is 0. The summed E-state index contributed by atoms with van der Waals surface area (Å²) in [4.78, 5) is 0. The molecule has 0 saturated carbocycles. The first-order valence-electron chi connectivity index (χ1n) is 0.447. The Hall–Kier alpha value is 0.879. The zero-order valence-electron chi connectivity index (χ0n) is 2.00. The fourth-order valence-corrected chi connectivity index (χ4v) is 0. The largest absolute Gasteiger partial charge is 0.185 e. The monoisotopic (exact) mass is 185 g/mol. The number of hydrogen-bond acceptors (Lipinski definition) is 2. The third-order valence-electron chi connectivity index (χ3n) is 0. The quantitative estimate of drug-likeness (QED) is 0.330. The van der Waals surface area contributed by atoms with E-state index in [1.54, 1.807) is 0 Å². The smallest absolute Gasteiger partial charge is 0.130 e. The van der Waals surface area contributed by atoms with Gasteiger partial charge in [0, 0.05) is 34.1 Å². The van der Waals surface area contributed by atoms with Gasteiger partial charge < -0.3 is 0 Å². The summed E-state index contributed by atoms with van der Waals surface area (Å²) < 4.78 is 0. The van der Waals surface area contributed by atoms with Crippen LogP contribution in [0.3, 0.4) is 0 Å². The third-order valence-corrected chi connectivity index (χ3v) is 0. The molecule has 0 amide bonds. The number of hydrogen-bond donors (Lipinski definition) is 1. The molecule has 0 atom stereocenters. The normalized spacial score (nSPS) is 1.60. The molecule has 0 unspecified atom stereocenters. The van der Waals surface area contributed by atoms with E-state index in [4.69, 9.17) is 5.26 Å². The topological polar surface area (TPSA) is 23.8 Å². The first kappa shape index (κ1) is 16.9. The molecule has 0 saturated heterocycles. The molecule has 0 aliphatic rings. The summed E-state index contributed by atoms with van der Waals surface area (Å²) >= 11 is 3.09. The van der Waals surface area contributed by atoms with Gasteiger partial charge in [-0.25, -0.2) is 0 Å². The molecule has 0 aliphatic carbocycles. The Morgan fingerprint density at radius 1 is 1.40 bits per heavy atom. The second-order valence-electron chi connectivity index (χ2n) is 0.100. The van der Waals surface area contributed by atoms with Crippen molar-refractivity contribution in [1.29, 1.82) is 5.26 Å². The van der Waals surface area contributed by atoms with Crippen LogP contribution in [0, 0.1) is 10.7 Å². The zero-order chi connectivity index (χ0) is 2.71. The molecule has 5 heavy (non-hydrogen) atoms. The van der Waals surface area contributed by atoms with Gasteiger partial charge in [-0.15, -0.1) is 0 Å². The Kier molecular flexibility index (Phi) is 70.2. The summed E-state index contributed by atoms with van der Waals surface area (Å²) in [5.74, 6) is 0. The standard InChI is InChI=1S/CHNS.2Cu/c2-1-3;;/h3H;;. The van der Waals surface area contributed by atoms with Gasteiger partial charge >= 0.3 is 0 Å². The fraction of sp³-hybridized carbons (Fsp3) is 0. The van der Waals surface area contributed by atoms with Crippen LogP contribution in [-0.2, 0) is 34.1 Å². The van der Waals surface area contributed by atoms with Gasteiger partial charge in [0.15, 0.2) is 0 Å². The zero-order valence-corrected chi connectivity index (χ0v) is 4.78. The average Bonchev–Trinajstić information content (AvgIpc) is 0.918. The molecule has 2 radical (unpaired) electrons. The van der Waals surface area contributed by atoms with Gasteiger partial charge in [-0.1, -0.05) is 12.6 Å². The van der Waals surface area contributed by atoms with Gasteiger partial charge in [0.2, 0.25) is 0 Å². The summed E-state index contributed by atoms with van der Waals surface area (Å²) in [6, 6.07) is 0. The van der Waals surface area contributed by atoms with E-state index in [9.17, 15) is 0 Å². The number of nitriles is 1. The van der Waals surface area contributed by atoms with E-state index in [1.807, 2.05) is 0 Å². The van der Waals surface area contributed by atoms with Crippen LogP contribution < -0.4 is 0 Å². The average molecular weight is 186 g/mol. The van der Waals surface area contributed by atoms with Crippen LogP contribution in [0.2, 0.25) is 0 Å². The van der Waals surface area contributed by atoms with Crippen LogP contribution in [0.25, 0.3) is 0 Å². The molecule has 0 N–H and O–H groups in total. The predicted octanol–water partition coefficient (Wildman–Crippen LogP) is 0.392. The van der Waals surface area contributed by atoms with Crippen molar-refractivity contribution in [3.63, 3.8) is 0 Å². The molecular formula is CHCu2NS. The van der Waals surface area contributed by atoms with Crippen LogP contribution >= 0.6 is 12.6 Å². The number of thiol groups is 1. The maximum absolute atomic E-state index is 7.18. The first-order valence-corrected chi connectivity index (χ1v) is 0.894. The first-order chi connectivity index (χ1) is 1.41. The van der Waals surface area contributed by atoms with Gasteiger partial charge in [-0.05, 0) is 0 Å². The molecule has 0 fully saturated rings. The van der Waals surface area contributed by atoms with Crippen LogP contribution in [0.5, 0.6) is 0 Å². The summed E-state index contributed by atoms with van der Waals surface area (Å²) in [7, 11) is 0. The third kappa shape index (κ3) is 52.3. The summed E-state index contributed by atoms with van der Waals surface area (Å²) in [5.41, 5.74) is 0. The molecule has 4 heteroatoms. The fourth-order valence-electron chi connectivity index (χ4n) is 0. The maximum Gasteiger partial charge on any atom is 0.130 e. The molecule has 0 aromatic carbocycles. The van der Waals surface area contributed by atoms with E-state index in [0.29, 0.717) is 0 Å². The maximum atomic E-state index is 7.18. The van der Waals surface area contributed by atoms with Crippen molar-refractivity contribution in [2.75, 3.05) is 0 Å². The van der Waals surface area contributed by atoms with Crippen LogP contribution in [0.4, 0.5) is 0 Å². The van der Waals surface area contributed by atoms with E-state index in [-0.39, 0.29) is 34.1 Å². The Morgan fingerprint density at radius 2 is 1.40 bits per heavy atom. The number of nitrogens with zero attached hydrogens (tertiary/aromatic N) is 1. The van der Waals surface area contributed by atoms with E-state index in [0.717, 1.165) is 0 Å². The molecular weight excluding hydrogens is 185 g/mol. The second-order valence-corrected chi connectivity index (χ2v) is 0.300. The minimum Gasteiger partial charge on any atom is -0.185 e. The van der Waals surface area contributed by atoms with Crippen molar-refractivity contribution in [1.82, 2.24) is 0 Å². The molecule has 38 valence electrons. The van der Waals surface area contributed by atoms with Crippen molar-refractivity contribution in [3.8, 4) is 5.40 Å². The minimum atomic E-state index is 0. The second kappa shape index (κ2) is 20.8. The molecule has 0 rings (SSSR count). The summed E-state index contributed by atoms with van der Waals surface area (Å²) in [5, 5.41) is 8.63. The van der Waals surface area contributed by atoms with Crippen molar-refractivity contribution in [3.05, 3.63) is 0 Å². The van der Waals surface area contributed by atoms with E-state index in [2.05, 4.69) is 12.6 Å². The number of rotatable bonds is 0. The number of thiocyanates is 1. The van der Waals surface area contributed by atoms with E-state index < -0.39 is 0 Å². The van der Waals surface area contributed by atoms with Crippen LogP contribution in [0.15, 0.2) is 0 Å². The predicted molar refractivity (Wildman–Crippen MR) is 14.6 cm³/mol. The van der Waals surface area contributed by atoms with Crippen molar-refractivity contribution < 1.29 is 34.1 Å². The van der Waals surface area contributed by atoms with Crippen LogP contribution in [0.1, 0.15) is 0 Å². The van der Waals surface area contributed by atoms with Crippen LogP contribution in [-0.4, -0.2) is 0 Å². The Bertz CT molecular complexity index is 31.1. The Balaban J connectivity index is -0.0000000200. The summed E-state index contributed by atoms with van der Waals surface area (Å²) in [6.45, 7) is 0. The molecule has 0 heterocycles. The van der Waals surface area contributed by atoms with Gasteiger partial charge in [-0.2, -0.15) is 5.26 Å². The molecule has 0 aromatic heterocycles. The minimum absolute atomic E-state index is 0. The van der Waals surface area contributed by atoms with Crippen molar-refractivity contribution in [2.45, 2.75) is 0 Å². The molecule has 0 aliphatic heterocycles. The molecule has 1 nitrogen and oxygen atoms in total. The molecule has 0 bridgehead atoms. The van der Waals surface area contributed by atoms with Gasteiger partial charge in [0.05, 0.1) is 0 Å². The van der Waals surface area contributed by atoms with Gasteiger partial charge in [0.1, 0.15) is 5.40 Å². The van der Waals surface area contributed by atoms with Crippen molar-refractivity contribution in [2.24, 2.45) is 0 Å². The Labute approximate surface area is 57.5 Å². The molecule has 0 spiro atoms. The van der Waals surface area contributed by atoms with E-state index in [1.165, 1.54) is 5.40 Å². The Morgan fingerprint density at radius 3 is 1.40 bits per heavy atom. The van der Waals surface area contributed by atoms with Gasteiger partial charge in [-0.3, -0.25) is 0 Å².